The molecule has 1 aromatic carbocycles. The van der Waals surface area contributed by atoms with Gasteiger partial charge in [0.25, 0.3) is 0 Å². The van der Waals surface area contributed by atoms with Gasteiger partial charge in [-0.2, -0.15) is 0 Å². The van der Waals surface area contributed by atoms with Crippen molar-refractivity contribution in [2.45, 2.75) is 38.9 Å². The zero-order valence-electron chi connectivity index (χ0n) is 12.3. The Balaban J connectivity index is 1.66. The van der Waals surface area contributed by atoms with E-state index in [0.29, 0.717) is 18.3 Å². The van der Waals surface area contributed by atoms with E-state index in [1.54, 1.807) is 12.1 Å². The SMILES string of the molecule is CC(C)CNCC1CCC(COc2cccc(F)c2)O1. The Labute approximate surface area is 120 Å². The third-order valence-corrected chi connectivity index (χ3v) is 3.35. The van der Waals surface area contributed by atoms with Crippen molar-refractivity contribution in [3.05, 3.63) is 30.1 Å². The van der Waals surface area contributed by atoms with Gasteiger partial charge in [-0.25, -0.2) is 4.39 Å². The Kier molecular flexibility index (Phi) is 5.80. The van der Waals surface area contributed by atoms with Crippen LogP contribution in [0, 0.1) is 11.7 Å². The van der Waals surface area contributed by atoms with Gasteiger partial charge in [0.1, 0.15) is 18.2 Å². The van der Waals surface area contributed by atoms with Gasteiger partial charge in [-0.05, 0) is 37.4 Å². The Morgan fingerprint density at radius 3 is 2.90 bits per heavy atom. The number of ether oxygens (including phenoxy) is 2. The van der Waals surface area contributed by atoms with E-state index < -0.39 is 0 Å². The van der Waals surface area contributed by atoms with Crippen molar-refractivity contribution in [3.8, 4) is 5.75 Å². The molecule has 3 nitrogen and oxygen atoms in total. The van der Waals surface area contributed by atoms with Gasteiger partial charge >= 0.3 is 0 Å². The molecular formula is C16H24FNO2. The first kappa shape index (κ1) is 15.3. The van der Waals surface area contributed by atoms with Crippen molar-refractivity contribution in [1.29, 1.82) is 0 Å². The maximum atomic E-state index is 13.0. The number of hydrogen-bond acceptors (Lipinski definition) is 3. The van der Waals surface area contributed by atoms with E-state index >= 15 is 0 Å². The highest BCUT2D eigenvalue weighted by Gasteiger charge is 2.25. The average molecular weight is 281 g/mol. The number of nitrogens with one attached hydrogen (secondary N) is 1. The number of rotatable bonds is 7. The molecule has 1 aliphatic rings. The first-order valence-corrected chi connectivity index (χ1v) is 7.38. The van der Waals surface area contributed by atoms with Crippen LogP contribution < -0.4 is 10.1 Å². The van der Waals surface area contributed by atoms with Crippen LogP contribution in [0.4, 0.5) is 4.39 Å². The van der Waals surface area contributed by atoms with Crippen molar-refractivity contribution in [2.24, 2.45) is 5.92 Å². The minimum Gasteiger partial charge on any atom is -0.491 e. The number of hydrogen-bond donors (Lipinski definition) is 1. The van der Waals surface area contributed by atoms with E-state index in [0.717, 1.165) is 25.9 Å². The molecule has 112 valence electrons. The van der Waals surface area contributed by atoms with Crippen molar-refractivity contribution < 1.29 is 13.9 Å². The molecule has 1 heterocycles. The molecule has 1 aromatic rings. The van der Waals surface area contributed by atoms with Gasteiger partial charge in [-0.1, -0.05) is 19.9 Å². The normalized spacial score (nSPS) is 22.4. The monoisotopic (exact) mass is 281 g/mol. The fourth-order valence-electron chi connectivity index (χ4n) is 2.33. The molecular weight excluding hydrogens is 257 g/mol. The Hall–Kier alpha value is -1.13. The van der Waals surface area contributed by atoms with E-state index in [1.165, 1.54) is 12.1 Å². The minimum atomic E-state index is -0.273. The third kappa shape index (κ3) is 5.10. The second-order valence-electron chi connectivity index (χ2n) is 5.78. The highest BCUT2D eigenvalue weighted by atomic mass is 19.1. The summed E-state index contributed by atoms with van der Waals surface area (Å²) in [6.07, 6.45) is 2.45. The molecule has 2 rings (SSSR count). The second-order valence-corrected chi connectivity index (χ2v) is 5.78. The molecule has 0 amide bonds. The topological polar surface area (TPSA) is 30.5 Å². The maximum absolute atomic E-state index is 13.0. The standard InChI is InChI=1S/C16H24FNO2/c1-12(2)9-18-10-15-6-7-16(20-15)11-19-14-5-3-4-13(17)8-14/h3-5,8,12,15-16,18H,6-7,9-11H2,1-2H3. The van der Waals surface area contributed by atoms with Crippen LogP contribution >= 0.6 is 0 Å². The summed E-state index contributed by atoms with van der Waals surface area (Å²) >= 11 is 0. The predicted molar refractivity (Wildman–Crippen MR) is 77.5 cm³/mol. The predicted octanol–water partition coefficient (Wildman–Crippen LogP) is 3.00. The minimum absolute atomic E-state index is 0.115. The molecule has 0 aliphatic carbocycles. The van der Waals surface area contributed by atoms with Crippen molar-refractivity contribution in [2.75, 3.05) is 19.7 Å². The molecule has 0 spiro atoms. The lowest BCUT2D eigenvalue weighted by molar-refractivity contribution is 0.0183. The number of benzene rings is 1. The molecule has 1 aliphatic heterocycles. The van der Waals surface area contributed by atoms with Crippen LogP contribution in [0.2, 0.25) is 0 Å². The summed E-state index contributed by atoms with van der Waals surface area (Å²) in [5.41, 5.74) is 0. The van der Waals surface area contributed by atoms with Crippen LogP contribution in [-0.2, 0) is 4.74 Å². The largest absolute Gasteiger partial charge is 0.491 e. The fraction of sp³-hybridized carbons (Fsp3) is 0.625. The fourth-order valence-corrected chi connectivity index (χ4v) is 2.33. The van der Waals surface area contributed by atoms with Gasteiger partial charge < -0.3 is 14.8 Å². The summed E-state index contributed by atoms with van der Waals surface area (Å²) in [4.78, 5) is 0. The van der Waals surface area contributed by atoms with Crippen LogP contribution in [0.15, 0.2) is 24.3 Å². The molecule has 0 aromatic heterocycles. The molecule has 0 bridgehead atoms. The molecule has 2 unspecified atom stereocenters. The molecule has 20 heavy (non-hydrogen) atoms. The summed E-state index contributed by atoms with van der Waals surface area (Å²) in [6, 6.07) is 6.23. The summed E-state index contributed by atoms with van der Waals surface area (Å²) in [5, 5.41) is 3.41. The lowest BCUT2D eigenvalue weighted by Gasteiger charge is -2.16. The maximum Gasteiger partial charge on any atom is 0.126 e. The summed E-state index contributed by atoms with van der Waals surface area (Å²) in [5.74, 6) is 0.948. The Bertz CT molecular complexity index is 411. The van der Waals surface area contributed by atoms with Crippen LogP contribution in [-0.4, -0.2) is 31.9 Å². The van der Waals surface area contributed by atoms with Crippen molar-refractivity contribution in [1.82, 2.24) is 5.32 Å². The van der Waals surface area contributed by atoms with Gasteiger partial charge in [-0.15, -0.1) is 0 Å². The summed E-state index contributed by atoms with van der Waals surface area (Å²) in [6.45, 7) is 6.79. The summed E-state index contributed by atoms with van der Waals surface area (Å²) in [7, 11) is 0. The van der Waals surface area contributed by atoms with E-state index in [2.05, 4.69) is 19.2 Å². The van der Waals surface area contributed by atoms with Crippen molar-refractivity contribution >= 4 is 0 Å². The zero-order chi connectivity index (χ0) is 14.4. The lowest BCUT2D eigenvalue weighted by Crippen LogP contribution is -2.30. The molecule has 1 saturated heterocycles. The van der Waals surface area contributed by atoms with Gasteiger partial charge in [0, 0.05) is 12.6 Å². The van der Waals surface area contributed by atoms with E-state index in [-0.39, 0.29) is 18.0 Å². The Morgan fingerprint density at radius 1 is 1.35 bits per heavy atom. The highest BCUT2D eigenvalue weighted by Crippen LogP contribution is 2.21. The zero-order valence-corrected chi connectivity index (χ0v) is 12.3. The van der Waals surface area contributed by atoms with Gasteiger partial charge in [-0.3, -0.25) is 0 Å². The number of halogens is 1. The van der Waals surface area contributed by atoms with Crippen LogP contribution in [0.5, 0.6) is 5.75 Å². The van der Waals surface area contributed by atoms with Gasteiger partial charge in [0.05, 0.1) is 12.2 Å². The molecule has 4 heteroatoms. The van der Waals surface area contributed by atoms with Crippen LogP contribution in [0.25, 0.3) is 0 Å². The first-order valence-electron chi connectivity index (χ1n) is 7.38. The van der Waals surface area contributed by atoms with Crippen LogP contribution in [0.1, 0.15) is 26.7 Å². The first-order chi connectivity index (χ1) is 9.63. The highest BCUT2D eigenvalue weighted by molar-refractivity contribution is 5.22. The van der Waals surface area contributed by atoms with Gasteiger partial charge in [0.2, 0.25) is 0 Å². The lowest BCUT2D eigenvalue weighted by atomic mass is 10.2. The molecule has 0 radical (unpaired) electrons. The molecule has 1 N–H and O–H groups in total. The summed E-state index contributed by atoms with van der Waals surface area (Å²) < 4.78 is 24.5. The van der Waals surface area contributed by atoms with E-state index in [4.69, 9.17) is 9.47 Å². The smallest absolute Gasteiger partial charge is 0.126 e. The Morgan fingerprint density at radius 2 is 2.15 bits per heavy atom. The van der Waals surface area contributed by atoms with E-state index in [1.807, 2.05) is 0 Å². The van der Waals surface area contributed by atoms with Gasteiger partial charge in [0.15, 0.2) is 0 Å². The molecule has 2 atom stereocenters. The van der Waals surface area contributed by atoms with Crippen molar-refractivity contribution in [3.63, 3.8) is 0 Å². The quantitative estimate of drug-likeness (QED) is 0.833. The van der Waals surface area contributed by atoms with E-state index in [9.17, 15) is 4.39 Å². The molecule has 0 saturated carbocycles. The third-order valence-electron chi connectivity index (χ3n) is 3.35. The molecule has 1 fully saturated rings. The second kappa shape index (κ2) is 7.60. The van der Waals surface area contributed by atoms with Crippen LogP contribution in [0.3, 0.4) is 0 Å². The average Bonchev–Trinajstić information content (AvgIpc) is 2.84.